The first kappa shape index (κ1) is 15.6. The van der Waals surface area contributed by atoms with Crippen molar-refractivity contribution in [2.45, 2.75) is 0 Å². The predicted octanol–water partition coefficient (Wildman–Crippen LogP) is 5.03. The molecule has 0 N–H and O–H groups in total. The van der Waals surface area contributed by atoms with Gasteiger partial charge in [0.2, 0.25) is 0 Å². The monoisotopic (exact) mass is 388 g/mol. The Labute approximate surface area is 153 Å². The Morgan fingerprint density at radius 2 is 1.08 bits per heavy atom. The minimum Gasteiger partial charge on any atom is -0.249 e. The van der Waals surface area contributed by atoms with Gasteiger partial charge in [-0.25, -0.2) is 19.9 Å². The number of benzene rings is 2. The van der Waals surface area contributed by atoms with Crippen molar-refractivity contribution >= 4 is 15.9 Å². The molecular weight excluding hydrogens is 376 g/mol. The maximum absolute atomic E-state index is 4.67. The van der Waals surface area contributed by atoms with Gasteiger partial charge in [-0.3, -0.25) is 0 Å². The molecule has 4 rings (SSSR count). The second-order valence-electron chi connectivity index (χ2n) is 5.38. The van der Waals surface area contributed by atoms with Crippen LogP contribution in [-0.2, 0) is 0 Å². The van der Waals surface area contributed by atoms with E-state index in [0.29, 0.717) is 22.1 Å². The molecule has 0 atom stereocenters. The Hall–Kier alpha value is -2.92. The van der Waals surface area contributed by atoms with Crippen molar-refractivity contribution in [1.29, 1.82) is 0 Å². The Balaban J connectivity index is 1.94. The van der Waals surface area contributed by atoms with E-state index in [1.807, 2.05) is 72.8 Å². The smallest absolute Gasteiger partial charge is 0.166 e. The van der Waals surface area contributed by atoms with Crippen LogP contribution in [0.15, 0.2) is 83.6 Å². The van der Waals surface area contributed by atoms with Gasteiger partial charge in [0.25, 0.3) is 0 Å². The van der Waals surface area contributed by atoms with Gasteiger partial charge in [-0.2, -0.15) is 0 Å². The fraction of sp³-hybridized carbons (Fsp3) is 0. The number of pyridine rings is 1. The van der Waals surface area contributed by atoms with Gasteiger partial charge in [0.1, 0.15) is 4.60 Å². The molecule has 5 heteroatoms. The van der Waals surface area contributed by atoms with Crippen LogP contribution in [0.4, 0.5) is 0 Å². The maximum atomic E-state index is 4.67. The third-order valence-corrected chi connectivity index (χ3v) is 4.33. The van der Waals surface area contributed by atoms with Crippen LogP contribution in [0.5, 0.6) is 0 Å². The minimum atomic E-state index is 0.590. The van der Waals surface area contributed by atoms with Crippen LogP contribution in [0.1, 0.15) is 0 Å². The number of hydrogen-bond donors (Lipinski definition) is 0. The van der Waals surface area contributed by atoms with E-state index in [1.54, 1.807) is 6.20 Å². The van der Waals surface area contributed by atoms with Crippen LogP contribution in [0.25, 0.3) is 34.2 Å². The number of rotatable bonds is 3. The van der Waals surface area contributed by atoms with Crippen molar-refractivity contribution < 1.29 is 0 Å². The Bertz CT molecular complexity index is 947. The molecule has 0 aliphatic heterocycles. The molecule has 2 aromatic carbocycles. The lowest BCUT2D eigenvalue weighted by Crippen LogP contribution is -2.00. The minimum absolute atomic E-state index is 0.590. The summed E-state index contributed by atoms with van der Waals surface area (Å²) in [6, 6.07) is 23.6. The molecule has 0 aliphatic carbocycles. The van der Waals surface area contributed by atoms with E-state index in [1.165, 1.54) is 0 Å². The molecule has 0 spiro atoms. The predicted molar refractivity (Wildman–Crippen MR) is 102 cm³/mol. The normalized spacial score (nSPS) is 10.6. The highest BCUT2D eigenvalue weighted by molar-refractivity contribution is 9.10. The second kappa shape index (κ2) is 6.91. The molecular formula is C20H13BrN4. The summed E-state index contributed by atoms with van der Waals surface area (Å²) >= 11 is 3.48. The standard InChI is InChI=1S/C20H13BrN4/c21-17-16(12-7-13-22-17)20-24-18(14-8-3-1-4-9-14)23-19(25-20)15-10-5-2-6-11-15/h1-13H. The van der Waals surface area contributed by atoms with Gasteiger partial charge < -0.3 is 0 Å². The number of aromatic nitrogens is 4. The average molecular weight is 389 g/mol. The largest absolute Gasteiger partial charge is 0.249 e. The lowest BCUT2D eigenvalue weighted by Gasteiger charge is -2.08. The van der Waals surface area contributed by atoms with E-state index < -0.39 is 0 Å². The van der Waals surface area contributed by atoms with E-state index in [9.17, 15) is 0 Å². The molecule has 0 amide bonds. The lowest BCUT2D eigenvalue weighted by atomic mass is 10.2. The summed E-state index contributed by atoms with van der Waals surface area (Å²) in [6.45, 7) is 0. The summed E-state index contributed by atoms with van der Waals surface area (Å²) in [6.07, 6.45) is 1.73. The molecule has 0 unspecified atom stereocenters. The fourth-order valence-electron chi connectivity index (χ4n) is 2.48. The van der Waals surface area contributed by atoms with E-state index in [-0.39, 0.29) is 0 Å². The average Bonchev–Trinajstić information content (AvgIpc) is 2.69. The Morgan fingerprint density at radius 1 is 0.560 bits per heavy atom. The van der Waals surface area contributed by atoms with Crippen LogP contribution >= 0.6 is 15.9 Å². The van der Waals surface area contributed by atoms with Crippen LogP contribution in [0.3, 0.4) is 0 Å². The summed E-state index contributed by atoms with van der Waals surface area (Å²) in [5.41, 5.74) is 2.73. The molecule has 0 fully saturated rings. The molecule has 4 nitrogen and oxygen atoms in total. The van der Waals surface area contributed by atoms with Crippen molar-refractivity contribution in [3.8, 4) is 34.2 Å². The first-order valence-corrected chi connectivity index (χ1v) is 8.58. The summed E-state index contributed by atoms with van der Waals surface area (Å²) in [5, 5.41) is 0. The second-order valence-corrected chi connectivity index (χ2v) is 6.13. The molecule has 120 valence electrons. The van der Waals surface area contributed by atoms with Crippen LogP contribution in [0, 0.1) is 0 Å². The summed E-state index contributed by atoms with van der Waals surface area (Å²) < 4.78 is 0.708. The zero-order valence-corrected chi connectivity index (χ0v) is 14.8. The zero-order valence-electron chi connectivity index (χ0n) is 13.2. The van der Waals surface area contributed by atoms with Gasteiger partial charge in [0.15, 0.2) is 17.5 Å². The van der Waals surface area contributed by atoms with E-state index in [0.717, 1.165) is 16.7 Å². The van der Waals surface area contributed by atoms with Crippen molar-refractivity contribution in [3.05, 3.63) is 83.6 Å². The molecule has 0 saturated carbocycles. The van der Waals surface area contributed by atoms with Crippen LogP contribution < -0.4 is 0 Å². The van der Waals surface area contributed by atoms with Gasteiger partial charge >= 0.3 is 0 Å². The number of nitrogens with zero attached hydrogens (tertiary/aromatic N) is 4. The molecule has 4 aromatic rings. The molecule has 0 bridgehead atoms. The molecule has 25 heavy (non-hydrogen) atoms. The van der Waals surface area contributed by atoms with Crippen molar-refractivity contribution in [3.63, 3.8) is 0 Å². The van der Waals surface area contributed by atoms with Crippen molar-refractivity contribution in [1.82, 2.24) is 19.9 Å². The topological polar surface area (TPSA) is 51.6 Å². The van der Waals surface area contributed by atoms with Gasteiger partial charge in [-0.1, -0.05) is 60.7 Å². The third-order valence-electron chi connectivity index (χ3n) is 3.70. The molecule has 0 radical (unpaired) electrons. The summed E-state index contributed by atoms with van der Waals surface area (Å²) in [4.78, 5) is 18.3. The molecule has 0 saturated heterocycles. The molecule has 2 heterocycles. The van der Waals surface area contributed by atoms with Crippen molar-refractivity contribution in [2.24, 2.45) is 0 Å². The first-order valence-electron chi connectivity index (χ1n) is 7.79. The Kier molecular flexibility index (Phi) is 4.31. The quantitative estimate of drug-likeness (QED) is 0.461. The zero-order chi connectivity index (χ0) is 17.1. The maximum Gasteiger partial charge on any atom is 0.166 e. The lowest BCUT2D eigenvalue weighted by molar-refractivity contribution is 1.07. The number of hydrogen-bond acceptors (Lipinski definition) is 4. The highest BCUT2D eigenvalue weighted by atomic mass is 79.9. The SMILES string of the molecule is Brc1ncccc1-c1nc(-c2ccccc2)nc(-c2ccccc2)n1. The molecule has 2 aromatic heterocycles. The van der Waals surface area contributed by atoms with Gasteiger partial charge in [0, 0.05) is 17.3 Å². The Morgan fingerprint density at radius 3 is 1.60 bits per heavy atom. The molecule has 0 aliphatic rings. The highest BCUT2D eigenvalue weighted by Crippen LogP contribution is 2.27. The first-order chi connectivity index (χ1) is 12.3. The summed E-state index contributed by atoms with van der Waals surface area (Å²) in [7, 11) is 0. The van der Waals surface area contributed by atoms with Crippen molar-refractivity contribution in [2.75, 3.05) is 0 Å². The highest BCUT2D eigenvalue weighted by Gasteiger charge is 2.13. The summed E-state index contributed by atoms with van der Waals surface area (Å²) in [5.74, 6) is 1.87. The number of halogens is 1. The van der Waals surface area contributed by atoms with Gasteiger partial charge in [0.05, 0.1) is 5.56 Å². The van der Waals surface area contributed by atoms with Crippen LogP contribution in [-0.4, -0.2) is 19.9 Å². The third kappa shape index (κ3) is 3.32. The van der Waals surface area contributed by atoms with E-state index >= 15 is 0 Å². The van der Waals surface area contributed by atoms with E-state index in [4.69, 9.17) is 0 Å². The fourth-order valence-corrected chi connectivity index (χ4v) is 2.91. The van der Waals surface area contributed by atoms with E-state index in [2.05, 4.69) is 35.9 Å². The van der Waals surface area contributed by atoms with Gasteiger partial charge in [-0.15, -0.1) is 0 Å². The van der Waals surface area contributed by atoms with Gasteiger partial charge in [-0.05, 0) is 28.1 Å². The van der Waals surface area contributed by atoms with Crippen LogP contribution in [0.2, 0.25) is 0 Å².